The molecule has 0 saturated carbocycles. The zero-order valence-corrected chi connectivity index (χ0v) is 13.9. The van der Waals surface area contributed by atoms with Gasteiger partial charge >= 0.3 is 5.97 Å². The van der Waals surface area contributed by atoms with E-state index in [2.05, 4.69) is 9.88 Å². The maximum atomic E-state index is 12.9. The molecule has 2 aromatic rings. The van der Waals surface area contributed by atoms with Crippen LogP contribution < -0.4 is 4.90 Å². The summed E-state index contributed by atoms with van der Waals surface area (Å²) >= 11 is 0. The van der Waals surface area contributed by atoms with Crippen LogP contribution in [-0.4, -0.2) is 53.5 Å². The van der Waals surface area contributed by atoms with E-state index >= 15 is 0 Å². The maximum Gasteiger partial charge on any atom is 0.357 e. The summed E-state index contributed by atoms with van der Waals surface area (Å²) in [5.74, 6) is -0.733. The van der Waals surface area contributed by atoms with Gasteiger partial charge in [-0.1, -0.05) is 18.2 Å². The molecule has 0 bridgehead atoms. The molecule has 1 unspecified atom stereocenters. The Balaban J connectivity index is 1.45. The molecule has 25 heavy (non-hydrogen) atoms. The molecule has 1 N–H and O–H groups in total. The SMILES string of the molecule is CN1CCC(C(=O)N2CC(c3nc(C(=O)O)co3)C2)c2ccccc21. The number of para-hydroxylation sites is 1. The fourth-order valence-electron chi connectivity index (χ4n) is 3.59. The maximum absolute atomic E-state index is 12.9. The van der Waals surface area contributed by atoms with Gasteiger partial charge in [0, 0.05) is 32.4 Å². The number of rotatable bonds is 3. The number of carboxylic acid groups (broad SMARTS) is 1. The number of aromatic carboxylic acids is 1. The molecule has 0 aliphatic carbocycles. The molecule has 7 heteroatoms. The van der Waals surface area contributed by atoms with Crippen molar-refractivity contribution in [3.63, 3.8) is 0 Å². The second-order valence-corrected chi connectivity index (χ2v) is 6.64. The van der Waals surface area contributed by atoms with Crippen LogP contribution in [0.5, 0.6) is 0 Å². The Bertz CT molecular complexity index is 825. The van der Waals surface area contributed by atoms with Crippen molar-refractivity contribution in [3.8, 4) is 0 Å². The first kappa shape index (κ1) is 15.7. The summed E-state index contributed by atoms with van der Waals surface area (Å²) in [4.78, 5) is 31.7. The van der Waals surface area contributed by atoms with Crippen molar-refractivity contribution in [3.05, 3.63) is 47.7 Å². The third-order valence-corrected chi connectivity index (χ3v) is 5.06. The van der Waals surface area contributed by atoms with Gasteiger partial charge in [0.25, 0.3) is 0 Å². The predicted octanol–water partition coefficient (Wildman–Crippen LogP) is 1.92. The van der Waals surface area contributed by atoms with E-state index in [-0.39, 0.29) is 23.4 Å². The average Bonchev–Trinajstić information content (AvgIpc) is 3.04. The number of aromatic nitrogens is 1. The molecule has 1 aromatic carbocycles. The monoisotopic (exact) mass is 341 g/mol. The largest absolute Gasteiger partial charge is 0.476 e. The number of carboxylic acids is 1. The van der Waals surface area contributed by atoms with Gasteiger partial charge in [-0.05, 0) is 18.1 Å². The number of anilines is 1. The Morgan fingerprint density at radius 1 is 1.28 bits per heavy atom. The second-order valence-electron chi connectivity index (χ2n) is 6.64. The smallest absolute Gasteiger partial charge is 0.357 e. The summed E-state index contributed by atoms with van der Waals surface area (Å²) in [6.45, 7) is 1.90. The molecule has 2 aliphatic rings. The van der Waals surface area contributed by atoms with Crippen LogP contribution in [-0.2, 0) is 4.79 Å². The molecule has 4 rings (SSSR count). The Kier molecular flexibility index (Phi) is 3.71. The van der Waals surface area contributed by atoms with Crippen molar-refractivity contribution in [2.45, 2.75) is 18.3 Å². The Morgan fingerprint density at radius 3 is 2.76 bits per heavy atom. The van der Waals surface area contributed by atoms with Crippen LogP contribution in [0.2, 0.25) is 0 Å². The van der Waals surface area contributed by atoms with Crippen molar-refractivity contribution in [2.24, 2.45) is 0 Å². The number of carbonyl (C=O) groups is 2. The van der Waals surface area contributed by atoms with Crippen molar-refractivity contribution >= 4 is 17.6 Å². The number of benzene rings is 1. The van der Waals surface area contributed by atoms with Crippen molar-refractivity contribution in [2.75, 3.05) is 31.6 Å². The third-order valence-electron chi connectivity index (χ3n) is 5.06. The number of amides is 1. The molecule has 0 radical (unpaired) electrons. The predicted molar refractivity (Wildman–Crippen MR) is 89.9 cm³/mol. The van der Waals surface area contributed by atoms with Gasteiger partial charge < -0.3 is 19.3 Å². The highest BCUT2D eigenvalue weighted by atomic mass is 16.4. The van der Waals surface area contributed by atoms with E-state index in [1.807, 2.05) is 36.2 Å². The van der Waals surface area contributed by atoms with Gasteiger partial charge in [0.2, 0.25) is 11.8 Å². The van der Waals surface area contributed by atoms with Gasteiger partial charge in [-0.25, -0.2) is 9.78 Å². The van der Waals surface area contributed by atoms with Crippen molar-refractivity contribution in [1.29, 1.82) is 0 Å². The molecule has 3 heterocycles. The lowest BCUT2D eigenvalue weighted by molar-refractivity contribution is -0.137. The highest BCUT2D eigenvalue weighted by Crippen LogP contribution is 2.37. The molecule has 1 saturated heterocycles. The first-order valence-corrected chi connectivity index (χ1v) is 8.32. The van der Waals surface area contributed by atoms with Crippen LogP contribution in [0.1, 0.15) is 40.2 Å². The zero-order valence-electron chi connectivity index (χ0n) is 13.9. The summed E-state index contributed by atoms with van der Waals surface area (Å²) in [6.07, 6.45) is 1.95. The summed E-state index contributed by atoms with van der Waals surface area (Å²) in [5, 5.41) is 8.90. The first-order valence-electron chi connectivity index (χ1n) is 8.32. The quantitative estimate of drug-likeness (QED) is 0.918. The minimum atomic E-state index is -1.11. The lowest BCUT2D eigenvalue weighted by atomic mass is 9.87. The fourth-order valence-corrected chi connectivity index (χ4v) is 3.59. The highest BCUT2D eigenvalue weighted by Gasteiger charge is 2.40. The minimum Gasteiger partial charge on any atom is -0.476 e. The van der Waals surface area contributed by atoms with Gasteiger partial charge in [0.05, 0.1) is 11.8 Å². The van der Waals surface area contributed by atoms with Crippen LogP contribution in [0, 0.1) is 0 Å². The van der Waals surface area contributed by atoms with Gasteiger partial charge in [-0.15, -0.1) is 0 Å². The van der Waals surface area contributed by atoms with Crippen LogP contribution in [0.3, 0.4) is 0 Å². The van der Waals surface area contributed by atoms with E-state index in [1.54, 1.807) is 0 Å². The Labute approximate surface area is 144 Å². The molecule has 1 amide bonds. The van der Waals surface area contributed by atoms with Gasteiger partial charge in [-0.3, -0.25) is 4.79 Å². The number of hydrogen-bond donors (Lipinski definition) is 1. The highest BCUT2D eigenvalue weighted by molar-refractivity contribution is 5.87. The molecule has 1 aromatic heterocycles. The number of nitrogens with zero attached hydrogens (tertiary/aromatic N) is 3. The Morgan fingerprint density at radius 2 is 2.04 bits per heavy atom. The van der Waals surface area contributed by atoms with Crippen LogP contribution in [0.4, 0.5) is 5.69 Å². The van der Waals surface area contributed by atoms with Crippen molar-refractivity contribution < 1.29 is 19.1 Å². The first-order chi connectivity index (χ1) is 12.0. The molecule has 130 valence electrons. The molecule has 7 nitrogen and oxygen atoms in total. The molecular weight excluding hydrogens is 322 g/mol. The summed E-state index contributed by atoms with van der Waals surface area (Å²) in [6, 6.07) is 8.04. The second kappa shape index (κ2) is 5.91. The van der Waals surface area contributed by atoms with Gasteiger partial charge in [0.15, 0.2) is 5.69 Å². The number of hydrogen-bond acceptors (Lipinski definition) is 5. The number of likely N-dealkylation sites (tertiary alicyclic amines) is 1. The summed E-state index contributed by atoms with van der Waals surface area (Å²) in [5.41, 5.74) is 2.10. The van der Waals surface area contributed by atoms with E-state index in [4.69, 9.17) is 9.52 Å². The molecule has 2 aliphatic heterocycles. The van der Waals surface area contributed by atoms with Gasteiger partial charge in [-0.2, -0.15) is 0 Å². The minimum absolute atomic E-state index is 0.0291. The molecule has 0 spiro atoms. The Hall–Kier alpha value is -2.83. The lowest BCUT2D eigenvalue weighted by Gasteiger charge is -2.41. The topological polar surface area (TPSA) is 86.9 Å². The van der Waals surface area contributed by atoms with E-state index in [0.717, 1.165) is 30.5 Å². The van der Waals surface area contributed by atoms with Gasteiger partial charge in [0.1, 0.15) is 6.26 Å². The molecule has 1 atom stereocenters. The standard InChI is InChI=1S/C18H19N3O4/c1-20-7-6-13(12-4-2-3-5-15(12)20)17(22)21-8-11(9-21)16-19-14(10-25-16)18(23)24/h2-5,10-11,13H,6-9H2,1H3,(H,23,24). The number of carbonyl (C=O) groups excluding carboxylic acids is 1. The fraction of sp³-hybridized carbons (Fsp3) is 0.389. The van der Waals surface area contributed by atoms with E-state index in [9.17, 15) is 9.59 Å². The number of fused-ring (bicyclic) bond motifs is 1. The zero-order chi connectivity index (χ0) is 17.6. The number of oxazole rings is 1. The van der Waals surface area contributed by atoms with E-state index in [1.165, 1.54) is 0 Å². The average molecular weight is 341 g/mol. The van der Waals surface area contributed by atoms with Crippen LogP contribution >= 0.6 is 0 Å². The normalized spacial score (nSPS) is 20.1. The van der Waals surface area contributed by atoms with E-state index < -0.39 is 5.97 Å². The molecule has 1 fully saturated rings. The van der Waals surface area contributed by atoms with E-state index in [0.29, 0.717) is 19.0 Å². The third kappa shape index (κ3) is 2.65. The van der Waals surface area contributed by atoms with Crippen LogP contribution in [0.25, 0.3) is 0 Å². The van der Waals surface area contributed by atoms with Crippen molar-refractivity contribution in [1.82, 2.24) is 9.88 Å². The molecular formula is C18H19N3O4. The van der Waals surface area contributed by atoms with Crippen LogP contribution in [0.15, 0.2) is 34.9 Å². The summed E-state index contributed by atoms with van der Waals surface area (Å²) in [7, 11) is 2.04. The summed E-state index contributed by atoms with van der Waals surface area (Å²) < 4.78 is 5.24. The lowest BCUT2D eigenvalue weighted by Crippen LogP contribution is -2.51.